The number of aliphatic hydroxyl groups is 1. The van der Waals surface area contributed by atoms with Crippen molar-refractivity contribution in [2.24, 2.45) is 5.92 Å². The van der Waals surface area contributed by atoms with Gasteiger partial charge >= 0.3 is 0 Å². The van der Waals surface area contributed by atoms with Gasteiger partial charge in [-0.2, -0.15) is 0 Å². The highest BCUT2D eigenvalue weighted by atomic mass is 19.1. The van der Waals surface area contributed by atoms with Crippen LogP contribution in [0.5, 0.6) is 0 Å². The predicted octanol–water partition coefficient (Wildman–Crippen LogP) is 2.21. The van der Waals surface area contributed by atoms with Crippen molar-refractivity contribution in [2.75, 3.05) is 6.54 Å². The molecule has 3 nitrogen and oxygen atoms in total. The lowest BCUT2D eigenvalue weighted by molar-refractivity contribution is -0.122. The lowest BCUT2D eigenvalue weighted by Crippen LogP contribution is -2.35. The molecule has 1 fully saturated rings. The van der Waals surface area contributed by atoms with Gasteiger partial charge in [-0.05, 0) is 31.4 Å². The molecule has 0 spiro atoms. The van der Waals surface area contributed by atoms with E-state index >= 15 is 0 Å². The quantitative estimate of drug-likeness (QED) is 0.877. The van der Waals surface area contributed by atoms with E-state index in [-0.39, 0.29) is 23.7 Å². The van der Waals surface area contributed by atoms with Crippen LogP contribution >= 0.6 is 0 Å². The second-order valence-corrected chi connectivity index (χ2v) is 5.25. The third-order valence-electron chi connectivity index (χ3n) is 3.92. The van der Waals surface area contributed by atoms with Crippen LogP contribution in [0.4, 0.5) is 4.39 Å². The van der Waals surface area contributed by atoms with Gasteiger partial charge in [0.2, 0.25) is 5.91 Å². The van der Waals surface area contributed by atoms with Gasteiger partial charge in [-0.1, -0.05) is 24.6 Å². The Morgan fingerprint density at radius 2 is 2.21 bits per heavy atom. The SMILES string of the molecule is CC(C(=O)NCC1CCCC1O)c1ccccc1F. The Hall–Kier alpha value is -1.42. The maximum absolute atomic E-state index is 13.6. The molecule has 3 atom stereocenters. The van der Waals surface area contributed by atoms with Gasteiger partial charge < -0.3 is 10.4 Å². The van der Waals surface area contributed by atoms with Crippen molar-refractivity contribution in [3.8, 4) is 0 Å². The van der Waals surface area contributed by atoms with Gasteiger partial charge in [-0.3, -0.25) is 4.79 Å². The molecule has 2 N–H and O–H groups in total. The Bertz CT molecular complexity index is 450. The molecule has 19 heavy (non-hydrogen) atoms. The van der Waals surface area contributed by atoms with Crippen molar-refractivity contribution in [1.29, 1.82) is 0 Å². The molecule has 1 aromatic carbocycles. The molecule has 104 valence electrons. The summed E-state index contributed by atoms with van der Waals surface area (Å²) in [6, 6.07) is 6.32. The third-order valence-corrected chi connectivity index (χ3v) is 3.92. The van der Waals surface area contributed by atoms with Crippen LogP contribution < -0.4 is 5.32 Å². The molecule has 4 heteroatoms. The first kappa shape index (κ1) is 14.0. The number of carbonyl (C=O) groups excluding carboxylic acids is 1. The van der Waals surface area contributed by atoms with Crippen LogP contribution in [0.1, 0.15) is 37.7 Å². The summed E-state index contributed by atoms with van der Waals surface area (Å²) in [5.41, 5.74) is 0.409. The van der Waals surface area contributed by atoms with Crippen LogP contribution in [-0.4, -0.2) is 23.7 Å². The fraction of sp³-hybridized carbons (Fsp3) is 0.533. The van der Waals surface area contributed by atoms with Crippen LogP contribution in [0.3, 0.4) is 0 Å². The molecule has 1 saturated carbocycles. The molecule has 0 heterocycles. The first-order chi connectivity index (χ1) is 9.09. The van der Waals surface area contributed by atoms with E-state index in [0.29, 0.717) is 12.1 Å². The number of aliphatic hydroxyl groups excluding tert-OH is 1. The van der Waals surface area contributed by atoms with E-state index in [4.69, 9.17) is 0 Å². The van der Waals surface area contributed by atoms with E-state index in [2.05, 4.69) is 5.32 Å². The highest BCUT2D eigenvalue weighted by molar-refractivity contribution is 5.83. The van der Waals surface area contributed by atoms with E-state index in [1.54, 1.807) is 25.1 Å². The van der Waals surface area contributed by atoms with Crippen molar-refractivity contribution < 1.29 is 14.3 Å². The number of carbonyl (C=O) groups is 1. The Kier molecular flexibility index (Phi) is 4.53. The first-order valence-electron chi connectivity index (χ1n) is 6.79. The molecule has 1 aliphatic rings. The minimum atomic E-state index is -0.514. The van der Waals surface area contributed by atoms with Crippen LogP contribution in [0.2, 0.25) is 0 Å². The van der Waals surface area contributed by atoms with Crippen LogP contribution in [-0.2, 0) is 4.79 Å². The second-order valence-electron chi connectivity index (χ2n) is 5.25. The molecule has 1 aromatic rings. The van der Waals surface area contributed by atoms with Crippen molar-refractivity contribution in [1.82, 2.24) is 5.32 Å². The predicted molar refractivity (Wildman–Crippen MR) is 71.2 cm³/mol. The Balaban J connectivity index is 1.91. The molecule has 0 aromatic heterocycles. The lowest BCUT2D eigenvalue weighted by atomic mass is 9.99. The molecule has 0 aliphatic heterocycles. The van der Waals surface area contributed by atoms with Crippen molar-refractivity contribution in [3.05, 3.63) is 35.6 Å². The maximum atomic E-state index is 13.6. The smallest absolute Gasteiger partial charge is 0.227 e. The second kappa shape index (κ2) is 6.15. The third kappa shape index (κ3) is 3.32. The standard InChI is InChI=1S/C15H20FNO2/c1-10(12-6-2-3-7-13(12)16)15(19)17-9-11-5-4-8-14(11)18/h2-3,6-7,10-11,14,18H,4-5,8-9H2,1H3,(H,17,19). The summed E-state index contributed by atoms with van der Waals surface area (Å²) in [6.07, 6.45) is 2.44. The van der Waals surface area contributed by atoms with Gasteiger partial charge in [-0.15, -0.1) is 0 Å². The summed E-state index contributed by atoms with van der Waals surface area (Å²) >= 11 is 0. The number of amides is 1. The monoisotopic (exact) mass is 265 g/mol. The van der Waals surface area contributed by atoms with E-state index in [0.717, 1.165) is 19.3 Å². The summed E-state index contributed by atoms with van der Waals surface area (Å²) < 4.78 is 13.6. The zero-order valence-corrected chi connectivity index (χ0v) is 11.1. The van der Waals surface area contributed by atoms with Crippen LogP contribution in [0, 0.1) is 11.7 Å². The van der Waals surface area contributed by atoms with Crippen molar-refractivity contribution in [3.63, 3.8) is 0 Å². The van der Waals surface area contributed by atoms with Gasteiger partial charge in [0.25, 0.3) is 0 Å². The summed E-state index contributed by atoms with van der Waals surface area (Å²) in [5.74, 6) is -0.924. The van der Waals surface area contributed by atoms with Crippen LogP contribution in [0.15, 0.2) is 24.3 Å². The minimum absolute atomic E-state index is 0.136. The summed E-state index contributed by atoms with van der Waals surface area (Å²) in [4.78, 5) is 12.0. The maximum Gasteiger partial charge on any atom is 0.227 e. The number of benzene rings is 1. The Morgan fingerprint density at radius 3 is 2.84 bits per heavy atom. The van der Waals surface area contributed by atoms with E-state index in [9.17, 15) is 14.3 Å². The molecule has 1 amide bonds. The van der Waals surface area contributed by atoms with Gasteiger partial charge in [0, 0.05) is 12.5 Å². The van der Waals surface area contributed by atoms with Crippen molar-refractivity contribution >= 4 is 5.91 Å². The topological polar surface area (TPSA) is 49.3 Å². The van der Waals surface area contributed by atoms with E-state index in [1.807, 2.05) is 0 Å². The largest absolute Gasteiger partial charge is 0.393 e. The fourth-order valence-electron chi connectivity index (χ4n) is 2.61. The summed E-state index contributed by atoms with van der Waals surface area (Å²) in [7, 11) is 0. The number of rotatable bonds is 4. The molecule has 0 saturated heterocycles. The molecular weight excluding hydrogens is 245 g/mol. The van der Waals surface area contributed by atoms with Gasteiger partial charge in [-0.25, -0.2) is 4.39 Å². The van der Waals surface area contributed by atoms with Gasteiger partial charge in [0.05, 0.1) is 12.0 Å². The summed E-state index contributed by atoms with van der Waals surface area (Å²) in [6.45, 7) is 2.16. The Labute approximate surface area is 112 Å². The average Bonchev–Trinajstić information content (AvgIpc) is 2.81. The normalized spacial score (nSPS) is 24.2. The fourth-order valence-corrected chi connectivity index (χ4v) is 2.61. The van der Waals surface area contributed by atoms with Gasteiger partial charge in [0.15, 0.2) is 0 Å². The zero-order chi connectivity index (χ0) is 13.8. The molecule has 3 unspecified atom stereocenters. The number of hydrogen-bond acceptors (Lipinski definition) is 2. The minimum Gasteiger partial charge on any atom is -0.393 e. The highest BCUT2D eigenvalue weighted by Crippen LogP contribution is 2.25. The number of nitrogens with one attached hydrogen (secondary N) is 1. The van der Waals surface area contributed by atoms with Gasteiger partial charge in [0.1, 0.15) is 5.82 Å². The molecule has 0 radical (unpaired) electrons. The number of hydrogen-bond donors (Lipinski definition) is 2. The molecule has 2 rings (SSSR count). The van der Waals surface area contributed by atoms with E-state index < -0.39 is 5.92 Å². The van der Waals surface area contributed by atoms with Crippen molar-refractivity contribution in [2.45, 2.75) is 38.2 Å². The first-order valence-corrected chi connectivity index (χ1v) is 6.79. The average molecular weight is 265 g/mol. The summed E-state index contributed by atoms with van der Waals surface area (Å²) in [5, 5.41) is 12.5. The zero-order valence-electron chi connectivity index (χ0n) is 11.1. The lowest BCUT2D eigenvalue weighted by Gasteiger charge is -2.18. The molecule has 1 aliphatic carbocycles. The molecule has 0 bridgehead atoms. The van der Waals surface area contributed by atoms with Crippen LogP contribution in [0.25, 0.3) is 0 Å². The Morgan fingerprint density at radius 1 is 1.47 bits per heavy atom. The highest BCUT2D eigenvalue weighted by Gasteiger charge is 2.26. The van der Waals surface area contributed by atoms with E-state index in [1.165, 1.54) is 6.07 Å². The molecular formula is C15H20FNO2. The number of halogens is 1.